The highest BCUT2D eigenvalue weighted by Crippen LogP contribution is 2.31. The van der Waals surface area contributed by atoms with E-state index < -0.39 is 0 Å². The molecule has 6 nitrogen and oxygen atoms in total. The lowest BCUT2D eigenvalue weighted by Gasteiger charge is -2.19. The third-order valence-electron chi connectivity index (χ3n) is 4.31. The lowest BCUT2D eigenvalue weighted by Crippen LogP contribution is -2.12. The maximum Gasteiger partial charge on any atom is 0.161 e. The van der Waals surface area contributed by atoms with Gasteiger partial charge in [0.1, 0.15) is 5.82 Å². The minimum absolute atomic E-state index is 0.0958. The van der Waals surface area contributed by atoms with E-state index >= 15 is 0 Å². The Morgan fingerprint density at radius 2 is 1.93 bits per heavy atom. The number of methoxy groups -OCH3 is 1. The highest BCUT2D eigenvalue weighted by molar-refractivity contribution is 5.64. The van der Waals surface area contributed by atoms with E-state index in [0.717, 1.165) is 29.5 Å². The predicted molar refractivity (Wildman–Crippen MR) is 106 cm³/mol. The second-order valence-corrected chi connectivity index (χ2v) is 6.46. The molecule has 0 radical (unpaired) electrons. The fraction of sp³-hybridized carbons (Fsp3) is 0.286. The number of aryl methyl sites for hydroxylation is 1. The average Bonchev–Trinajstić information content (AvgIpc) is 2.68. The summed E-state index contributed by atoms with van der Waals surface area (Å²) in [6, 6.07) is 7.38. The van der Waals surface area contributed by atoms with Gasteiger partial charge in [-0.15, -0.1) is 0 Å². The molecule has 1 atom stereocenters. The summed E-state index contributed by atoms with van der Waals surface area (Å²) in [6.45, 7) is 4.20. The molecular weight excluding hydrogens is 340 g/mol. The molecule has 0 aliphatic heterocycles. The highest BCUT2D eigenvalue weighted by Gasteiger charge is 2.13. The zero-order valence-electron chi connectivity index (χ0n) is 15.8. The topological polar surface area (TPSA) is 80.2 Å². The number of benzene rings is 1. The number of rotatable bonds is 7. The quantitative estimate of drug-likeness (QED) is 0.642. The molecule has 2 N–H and O–H groups in total. The van der Waals surface area contributed by atoms with Crippen LogP contribution in [0.1, 0.15) is 36.9 Å². The standard InChI is InChI=1S/C21H24N4O2/c1-4-5-17(16-8-14(2)10-22-11-16)24-21-13-23-12-18(25-21)15-6-7-19(26)20(9-15)27-3/h6-13,17,26H,4-5H2,1-3H3,(H,24,25). The van der Waals surface area contributed by atoms with Crippen LogP contribution in [0.15, 0.2) is 49.1 Å². The summed E-state index contributed by atoms with van der Waals surface area (Å²) in [4.78, 5) is 13.3. The van der Waals surface area contributed by atoms with Gasteiger partial charge in [-0.05, 0) is 42.7 Å². The Labute approximate surface area is 159 Å². The minimum Gasteiger partial charge on any atom is -0.504 e. The van der Waals surface area contributed by atoms with Gasteiger partial charge in [0.05, 0.1) is 31.2 Å². The average molecular weight is 364 g/mol. The van der Waals surface area contributed by atoms with Gasteiger partial charge in [0.15, 0.2) is 11.5 Å². The molecule has 27 heavy (non-hydrogen) atoms. The fourth-order valence-electron chi connectivity index (χ4n) is 2.97. The van der Waals surface area contributed by atoms with Gasteiger partial charge in [-0.1, -0.05) is 19.4 Å². The molecule has 3 aromatic rings. The van der Waals surface area contributed by atoms with E-state index in [4.69, 9.17) is 4.74 Å². The largest absolute Gasteiger partial charge is 0.504 e. The normalized spacial score (nSPS) is 11.8. The molecule has 6 heteroatoms. The van der Waals surface area contributed by atoms with Crippen molar-refractivity contribution in [3.8, 4) is 22.8 Å². The van der Waals surface area contributed by atoms with Crippen LogP contribution in [0.4, 0.5) is 5.82 Å². The van der Waals surface area contributed by atoms with E-state index in [-0.39, 0.29) is 11.8 Å². The molecule has 0 aliphatic rings. The van der Waals surface area contributed by atoms with Gasteiger partial charge in [-0.25, -0.2) is 4.98 Å². The van der Waals surface area contributed by atoms with Crippen molar-refractivity contribution in [3.05, 3.63) is 60.2 Å². The van der Waals surface area contributed by atoms with E-state index in [0.29, 0.717) is 17.3 Å². The van der Waals surface area contributed by atoms with Crippen LogP contribution in [-0.2, 0) is 0 Å². The Kier molecular flexibility index (Phi) is 5.86. The van der Waals surface area contributed by atoms with Gasteiger partial charge >= 0.3 is 0 Å². The maximum absolute atomic E-state index is 9.78. The lowest BCUT2D eigenvalue weighted by atomic mass is 10.0. The molecular formula is C21H24N4O2. The number of phenols is 1. The van der Waals surface area contributed by atoms with Gasteiger partial charge in [-0.2, -0.15) is 0 Å². The van der Waals surface area contributed by atoms with Crippen molar-refractivity contribution in [2.75, 3.05) is 12.4 Å². The van der Waals surface area contributed by atoms with Crippen LogP contribution in [0.3, 0.4) is 0 Å². The van der Waals surface area contributed by atoms with Gasteiger partial charge in [0.2, 0.25) is 0 Å². The number of hydrogen-bond acceptors (Lipinski definition) is 6. The summed E-state index contributed by atoms with van der Waals surface area (Å²) in [6.07, 6.45) is 9.15. The minimum atomic E-state index is 0.0958. The lowest BCUT2D eigenvalue weighted by molar-refractivity contribution is 0.373. The van der Waals surface area contributed by atoms with Crippen molar-refractivity contribution in [3.63, 3.8) is 0 Å². The van der Waals surface area contributed by atoms with Crippen molar-refractivity contribution in [1.82, 2.24) is 15.0 Å². The molecule has 0 spiro atoms. The van der Waals surface area contributed by atoms with Gasteiger partial charge in [0, 0.05) is 18.0 Å². The van der Waals surface area contributed by atoms with Crippen LogP contribution in [0.25, 0.3) is 11.3 Å². The van der Waals surface area contributed by atoms with Crippen molar-refractivity contribution in [2.24, 2.45) is 0 Å². The molecule has 0 bridgehead atoms. The first-order valence-electron chi connectivity index (χ1n) is 8.98. The molecule has 2 heterocycles. The maximum atomic E-state index is 9.78. The smallest absolute Gasteiger partial charge is 0.161 e. The Morgan fingerprint density at radius 1 is 1.11 bits per heavy atom. The van der Waals surface area contributed by atoms with Crippen LogP contribution >= 0.6 is 0 Å². The molecule has 0 saturated heterocycles. The molecule has 0 saturated carbocycles. The second kappa shape index (κ2) is 8.49. The molecule has 0 amide bonds. The predicted octanol–water partition coefficient (Wildman–Crippen LogP) is 4.51. The van der Waals surface area contributed by atoms with E-state index in [1.807, 2.05) is 19.3 Å². The van der Waals surface area contributed by atoms with E-state index in [9.17, 15) is 5.11 Å². The number of phenolic OH excluding ortho intramolecular Hbond substituents is 1. The summed E-state index contributed by atoms with van der Waals surface area (Å²) in [5, 5.41) is 13.3. The molecule has 0 fully saturated rings. The third-order valence-corrected chi connectivity index (χ3v) is 4.31. The second-order valence-electron chi connectivity index (χ2n) is 6.46. The fourth-order valence-corrected chi connectivity index (χ4v) is 2.97. The van der Waals surface area contributed by atoms with E-state index in [1.165, 1.54) is 7.11 Å². The molecule has 3 rings (SSSR count). The molecule has 2 aromatic heterocycles. The summed E-state index contributed by atoms with van der Waals surface area (Å²) >= 11 is 0. The SMILES string of the molecule is CCCC(Nc1cncc(-c2ccc(O)c(OC)c2)n1)c1cncc(C)c1. The Balaban J connectivity index is 1.88. The Morgan fingerprint density at radius 3 is 2.67 bits per heavy atom. The summed E-state index contributed by atoms with van der Waals surface area (Å²) in [5.74, 6) is 1.19. The monoisotopic (exact) mass is 364 g/mol. The van der Waals surface area contributed by atoms with E-state index in [1.54, 1.807) is 30.6 Å². The molecule has 140 valence electrons. The van der Waals surface area contributed by atoms with Gasteiger partial charge in [0.25, 0.3) is 0 Å². The zero-order chi connectivity index (χ0) is 19.2. The first kappa shape index (κ1) is 18.6. The highest BCUT2D eigenvalue weighted by atomic mass is 16.5. The third kappa shape index (κ3) is 4.53. The van der Waals surface area contributed by atoms with Gasteiger partial charge in [-0.3, -0.25) is 9.97 Å². The zero-order valence-corrected chi connectivity index (χ0v) is 15.8. The number of aromatic hydroxyl groups is 1. The number of hydrogen-bond donors (Lipinski definition) is 2. The number of aromatic nitrogens is 3. The Hall–Kier alpha value is -3.15. The first-order chi connectivity index (χ1) is 13.1. The molecule has 1 aromatic carbocycles. The van der Waals surface area contributed by atoms with Crippen molar-refractivity contribution in [1.29, 1.82) is 0 Å². The number of anilines is 1. The van der Waals surface area contributed by atoms with Crippen molar-refractivity contribution >= 4 is 5.82 Å². The van der Waals surface area contributed by atoms with E-state index in [2.05, 4.69) is 33.3 Å². The van der Waals surface area contributed by atoms with Crippen LogP contribution in [0.5, 0.6) is 11.5 Å². The summed E-state index contributed by atoms with van der Waals surface area (Å²) < 4.78 is 5.18. The van der Waals surface area contributed by atoms with Crippen LogP contribution in [0, 0.1) is 6.92 Å². The van der Waals surface area contributed by atoms with Crippen LogP contribution < -0.4 is 10.1 Å². The number of nitrogens with one attached hydrogen (secondary N) is 1. The summed E-state index contributed by atoms with van der Waals surface area (Å²) in [7, 11) is 1.52. The van der Waals surface area contributed by atoms with Gasteiger partial charge < -0.3 is 15.2 Å². The number of ether oxygens (including phenoxy) is 1. The Bertz CT molecular complexity index is 914. The van der Waals surface area contributed by atoms with Crippen molar-refractivity contribution < 1.29 is 9.84 Å². The summed E-state index contributed by atoms with van der Waals surface area (Å²) in [5.41, 5.74) is 3.79. The van der Waals surface area contributed by atoms with Crippen molar-refractivity contribution in [2.45, 2.75) is 32.7 Å². The number of pyridine rings is 1. The number of nitrogens with zero attached hydrogens (tertiary/aromatic N) is 3. The first-order valence-corrected chi connectivity index (χ1v) is 8.98. The van der Waals surface area contributed by atoms with Crippen LogP contribution in [-0.4, -0.2) is 27.2 Å². The molecule has 1 unspecified atom stereocenters. The molecule has 0 aliphatic carbocycles. The van der Waals surface area contributed by atoms with Crippen LogP contribution in [0.2, 0.25) is 0 Å².